The molecule has 0 aliphatic carbocycles. The lowest BCUT2D eigenvalue weighted by molar-refractivity contribution is 0.124. The Morgan fingerprint density at radius 1 is 1.31 bits per heavy atom. The van der Waals surface area contributed by atoms with Gasteiger partial charge in [-0.05, 0) is 24.6 Å². The van der Waals surface area contributed by atoms with E-state index in [0.29, 0.717) is 13.2 Å². The molecule has 0 fully saturated rings. The number of nitrogens with one attached hydrogen (secondary N) is 1. The van der Waals surface area contributed by atoms with Gasteiger partial charge in [0.05, 0.1) is 18.9 Å². The maximum atomic E-state index is 5.01. The molecule has 0 heterocycles. The van der Waals surface area contributed by atoms with E-state index >= 15 is 0 Å². The highest BCUT2D eigenvalue weighted by Crippen LogP contribution is 2.09. The molecule has 1 rings (SSSR count). The molecule has 0 saturated heterocycles. The van der Waals surface area contributed by atoms with Crippen LogP contribution < -0.4 is 11.4 Å². The first-order valence-corrected chi connectivity index (χ1v) is 4.15. The van der Waals surface area contributed by atoms with E-state index in [2.05, 4.69) is 10.3 Å². The topological polar surface area (TPSA) is 56.5 Å². The highest BCUT2D eigenvalue weighted by Gasteiger charge is 1.93. The number of benzene rings is 1. The third kappa shape index (κ3) is 3.42. The molecule has 0 atom stereocenters. The van der Waals surface area contributed by atoms with Crippen molar-refractivity contribution in [2.24, 2.45) is 5.90 Å². The molecule has 0 aromatic heterocycles. The summed E-state index contributed by atoms with van der Waals surface area (Å²) in [4.78, 5) is 9.51. The second-order valence-corrected chi connectivity index (χ2v) is 2.54. The van der Waals surface area contributed by atoms with Gasteiger partial charge in [0.25, 0.3) is 0 Å². The fourth-order valence-corrected chi connectivity index (χ4v) is 0.921. The average Bonchev–Trinajstić information content (AvgIpc) is 2.17. The monoisotopic (exact) mass is 182 g/mol. The molecule has 72 valence electrons. The summed E-state index contributed by atoms with van der Waals surface area (Å²) in [5.74, 6) is 4.94. The standard InChI is InChI=1S/C9H14N2O2/c1-2-13-11-9-5-3-8(4-6-9)7-12-10/h3-6,11H,2,7,10H2,1H3. The molecule has 0 radical (unpaired) electrons. The molecule has 0 aliphatic heterocycles. The van der Waals surface area contributed by atoms with Gasteiger partial charge < -0.3 is 0 Å². The molecule has 0 unspecified atom stereocenters. The second-order valence-electron chi connectivity index (χ2n) is 2.54. The predicted octanol–water partition coefficient (Wildman–Crippen LogP) is 1.44. The molecule has 13 heavy (non-hydrogen) atoms. The van der Waals surface area contributed by atoms with Crippen LogP contribution in [0.2, 0.25) is 0 Å². The summed E-state index contributed by atoms with van der Waals surface area (Å²) >= 11 is 0. The number of anilines is 1. The van der Waals surface area contributed by atoms with E-state index in [0.717, 1.165) is 11.3 Å². The molecule has 0 saturated carbocycles. The summed E-state index contributed by atoms with van der Waals surface area (Å²) in [6, 6.07) is 7.66. The van der Waals surface area contributed by atoms with Gasteiger partial charge in [-0.15, -0.1) is 0 Å². The molecule has 0 spiro atoms. The Kier molecular flexibility index (Phi) is 4.25. The Balaban J connectivity index is 2.48. The zero-order valence-corrected chi connectivity index (χ0v) is 7.62. The van der Waals surface area contributed by atoms with E-state index in [1.165, 1.54) is 0 Å². The Hall–Kier alpha value is -1.10. The highest BCUT2D eigenvalue weighted by atomic mass is 16.6. The zero-order valence-electron chi connectivity index (χ0n) is 7.62. The van der Waals surface area contributed by atoms with Crippen molar-refractivity contribution in [1.82, 2.24) is 0 Å². The largest absolute Gasteiger partial charge is 0.300 e. The van der Waals surface area contributed by atoms with E-state index in [-0.39, 0.29) is 0 Å². The van der Waals surface area contributed by atoms with Crippen LogP contribution in [0.15, 0.2) is 24.3 Å². The lowest BCUT2D eigenvalue weighted by atomic mass is 10.2. The van der Waals surface area contributed by atoms with Gasteiger partial charge in [-0.2, -0.15) is 0 Å². The second kappa shape index (κ2) is 5.53. The van der Waals surface area contributed by atoms with Crippen LogP contribution in [0.3, 0.4) is 0 Å². The third-order valence-corrected chi connectivity index (χ3v) is 1.54. The predicted molar refractivity (Wildman–Crippen MR) is 50.7 cm³/mol. The van der Waals surface area contributed by atoms with Crippen molar-refractivity contribution in [3.63, 3.8) is 0 Å². The third-order valence-electron chi connectivity index (χ3n) is 1.54. The van der Waals surface area contributed by atoms with Crippen LogP contribution >= 0.6 is 0 Å². The molecule has 0 bridgehead atoms. The summed E-state index contributed by atoms with van der Waals surface area (Å²) in [5, 5.41) is 0. The van der Waals surface area contributed by atoms with Crippen molar-refractivity contribution in [2.45, 2.75) is 13.5 Å². The van der Waals surface area contributed by atoms with E-state index < -0.39 is 0 Å². The minimum atomic E-state index is 0.426. The average molecular weight is 182 g/mol. The van der Waals surface area contributed by atoms with E-state index in [9.17, 15) is 0 Å². The van der Waals surface area contributed by atoms with Crippen LogP contribution in [0.25, 0.3) is 0 Å². The summed E-state index contributed by atoms with van der Waals surface area (Å²) in [5.41, 5.74) is 4.74. The van der Waals surface area contributed by atoms with Gasteiger partial charge in [-0.25, -0.2) is 5.90 Å². The van der Waals surface area contributed by atoms with Gasteiger partial charge in [-0.1, -0.05) is 12.1 Å². The van der Waals surface area contributed by atoms with Gasteiger partial charge in [-0.3, -0.25) is 15.2 Å². The Morgan fingerprint density at radius 2 is 2.00 bits per heavy atom. The van der Waals surface area contributed by atoms with Gasteiger partial charge in [0, 0.05) is 0 Å². The smallest absolute Gasteiger partial charge is 0.0930 e. The minimum absolute atomic E-state index is 0.426. The van der Waals surface area contributed by atoms with Gasteiger partial charge in [0.2, 0.25) is 0 Å². The fourth-order valence-electron chi connectivity index (χ4n) is 0.921. The number of nitrogens with two attached hydrogens (primary N) is 1. The first-order chi connectivity index (χ1) is 6.36. The zero-order chi connectivity index (χ0) is 9.52. The molecule has 4 nitrogen and oxygen atoms in total. The quantitative estimate of drug-likeness (QED) is 0.676. The van der Waals surface area contributed by atoms with Crippen LogP contribution in [-0.2, 0) is 16.3 Å². The number of hydrogen-bond acceptors (Lipinski definition) is 4. The van der Waals surface area contributed by atoms with Crippen molar-refractivity contribution in [1.29, 1.82) is 0 Å². The van der Waals surface area contributed by atoms with Crippen molar-refractivity contribution in [3.05, 3.63) is 29.8 Å². The molecular weight excluding hydrogens is 168 g/mol. The summed E-state index contributed by atoms with van der Waals surface area (Å²) in [6.45, 7) is 2.98. The maximum Gasteiger partial charge on any atom is 0.0930 e. The van der Waals surface area contributed by atoms with Crippen molar-refractivity contribution in [3.8, 4) is 0 Å². The lowest BCUT2D eigenvalue weighted by Gasteiger charge is -2.05. The van der Waals surface area contributed by atoms with Crippen LogP contribution in [0.5, 0.6) is 0 Å². The summed E-state index contributed by atoms with van der Waals surface area (Å²) in [7, 11) is 0. The van der Waals surface area contributed by atoms with Crippen LogP contribution in [-0.4, -0.2) is 6.61 Å². The molecule has 0 aliphatic rings. The van der Waals surface area contributed by atoms with Gasteiger partial charge in [0.1, 0.15) is 0 Å². The van der Waals surface area contributed by atoms with Crippen LogP contribution in [0, 0.1) is 0 Å². The van der Waals surface area contributed by atoms with Crippen molar-refractivity contribution in [2.75, 3.05) is 12.1 Å². The normalized spacial score (nSPS) is 10.0. The Bertz CT molecular complexity index is 236. The summed E-state index contributed by atoms with van der Waals surface area (Å²) in [6.07, 6.45) is 0. The highest BCUT2D eigenvalue weighted by molar-refractivity contribution is 5.42. The van der Waals surface area contributed by atoms with E-state index in [1.807, 2.05) is 31.2 Å². The Morgan fingerprint density at radius 3 is 2.54 bits per heavy atom. The van der Waals surface area contributed by atoms with Crippen LogP contribution in [0.1, 0.15) is 12.5 Å². The molecule has 3 N–H and O–H groups in total. The first-order valence-electron chi connectivity index (χ1n) is 4.15. The van der Waals surface area contributed by atoms with Gasteiger partial charge in [0.15, 0.2) is 0 Å². The molecule has 4 heteroatoms. The molecule has 1 aromatic rings. The lowest BCUT2D eigenvalue weighted by Crippen LogP contribution is -2.01. The van der Waals surface area contributed by atoms with E-state index in [1.54, 1.807) is 0 Å². The first kappa shape index (κ1) is 9.98. The van der Waals surface area contributed by atoms with Gasteiger partial charge >= 0.3 is 0 Å². The van der Waals surface area contributed by atoms with E-state index in [4.69, 9.17) is 10.7 Å². The maximum absolute atomic E-state index is 5.01. The van der Waals surface area contributed by atoms with Crippen LogP contribution in [0.4, 0.5) is 5.69 Å². The van der Waals surface area contributed by atoms with Crippen molar-refractivity contribution < 1.29 is 9.68 Å². The SMILES string of the molecule is CCONc1ccc(CON)cc1. The minimum Gasteiger partial charge on any atom is -0.300 e. The Labute approximate surface area is 77.6 Å². The molecule has 0 amide bonds. The number of rotatable bonds is 5. The number of hydrogen-bond donors (Lipinski definition) is 2. The fraction of sp³-hybridized carbons (Fsp3) is 0.333. The molecular formula is C9H14N2O2. The summed E-state index contributed by atoms with van der Waals surface area (Å²) < 4.78 is 0. The molecule has 1 aromatic carbocycles. The van der Waals surface area contributed by atoms with Crippen molar-refractivity contribution >= 4 is 5.69 Å².